The number of hydrogen-bond acceptors (Lipinski definition) is 4. The smallest absolute Gasteiger partial charge is 0.191 e. The Morgan fingerprint density at radius 1 is 1.41 bits per heavy atom. The summed E-state index contributed by atoms with van der Waals surface area (Å²) in [5.74, 6) is 0.858. The van der Waals surface area contributed by atoms with E-state index in [1.807, 2.05) is 11.8 Å². The van der Waals surface area contributed by atoms with E-state index in [4.69, 9.17) is 9.47 Å². The number of guanidine groups is 1. The molecule has 0 amide bonds. The van der Waals surface area contributed by atoms with Crippen LogP contribution < -0.4 is 10.6 Å². The van der Waals surface area contributed by atoms with Crippen molar-refractivity contribution in [1.82, 2.24) is 10.6 Å². The zero-order valence-electron chi connectivity index (χ0n) is 14.3. The third-order valence-corrected chi connectivity index (χ3v) is 4.79. The zero-order chi connectivity index (χ0) is 15.6. The molecular weight excluding hydrogens is 413 g/mol. The summed E-state index contributed by atoms with van der Waals surface area (Å²) in [7, 11) is 1.80. The molecule has 1 aliphatic rings. The van der Waals surface area contributed by atoms with Crippen molar-refractivity contribution < 1.29 is 9.47 Å². The van der Waals surface area contributed by atoms with Gasteiger partial charge in [0.2, 0.25) is 0 Å². The van der Waals surface area contributed by atoms with Crippen LogP contribution in [-0.2, 0) is 9.47 Å². The minimum absolute atomic E-state index is 0. The van der Waals surface area contributed by atoms with Crippen molar-refractivity contribution in [2.24, 2.45) is 4.99 Å². The summed E-state index contributed by atoms with van der Waals surface area (Å²) < 4.78 is 11.4. The second-order valence-electron chi connectivity index (χ2n) is 5.88. The van der Waals surface area contributed by atoms with E-state index in [1.165, 1.54) is 6.42 Å². The van der Waals surface area contributed by atoms with E-state index in [1.54, 1.807) is 7.05 Å². The SMILES string of the molecule is CN=C(NCCCOCC1CCCO1)NCC(C)(C)SC.I. The summed E-state index contributed by atoms with van der Waals surface area (Å²) in [6.07, 6.45) is 5.73. The number of aliphatic imine (C=N–C) groups is 1. The maximum absolute atomic E-state index is 5.64. The monoisotopic (exact) mass is 445 g/mol. The molecular formula is C15H32IN3O2S. The molecule has 22 heavy (non-hydrogen) atoms. The number of rotatable bonds is 9. The van der Waals surface area contributed by atoms with Gasteiger partial charge in [-0.3, -0.25) is 4.99 Å². The fraction of sp³-hybridized carbons (Fsp3) is 0.933. The zero-order valence-corrected chi connectivity index (χ0v) is 17.5. The van der Waals surface area contributed by atoms with Crippen LogP contribution in [0.15, 0.2) is 4.99 Å². The van der Waals surface area contributed by atoms with Gasteiger partial charge in [-0.1, -0.05) is 0 Å². The van der Waals surface area contributed by atoms with Gasteiger partial charge in [0.1, 0.15) is 0 Å². The summed E-state index contributed by atoms with van der Waals surface area (Å²) in [4.78, 5) is 4.23. The van der Waals surface area contributed by atoms with Crippen LogP contribution in [0.4, 0.5) is 0 Å². The number of nitrogens with one attached hydrogen (secondary N) is 2. The van der Waals surface area contributed by atoms with Crippen molar-refractivity contribution in [3.63, 3.8) is 0 Å². The van der Waals surface area contributed by atoms with Crippen molar-refractivity contribution >= 4 is 41.7 Å². The molecule has 0 bridgehead atoms. The standard InChI is InChI=1S/C15H31N3O2S.HI/c1-15(2,21-4)12-18-14(16-3)17-8-6-9-19-11-13-7-5-10-20-13;/h13H,5-12H2,1-4H3,(H2,16,17,18);1H. The molecule has 1 atom stereocenters. The Labute approximate surface area is 156 Å². The Morgan fingerprint density at radius 3 is 2.77 bits per heavy atom. The van der Waals surface area contributed by atoms with Crippen LogP contribution in [0, 0.1) is 0 Å². The summed E-state index contributed by atoms with van der Waals surface area (Å²) >= 11 is 1.85. The maximum Gasteiger partial charge on any atom is 0.191 e. The molecule has 7 heteroatoms. The highest BCUT2D eigenvalue weighted by atomic mass is 127. The topological polar surface area (TPSA) is 54.9 Å². The van der Waals surface area contributed by atoms with E-state index < -0.39 is 0 Å². The molecule has 1 fully saturated rings. The minimum atomic E-state index is 0. The second-order valence-corrected chi connectivity index (χ2v) is 7.39. The molecule has 0 aromatic heterocycles. The third-order valence-electron chi connectivity index (χ3n) is 3.54. The Balaban J connectivity index is 0.00000441. The number of halogens is 1. The molecule has 0 aromatic carbocycles. The van der Waals surface area contributed by atoms with E-state index in [9.17, 15) is 0 Å². The molecule has 2 N–H and O–H groups in total. The van der Waals surface area contributed by atoms with Crippen molar-refractivity contribution in [3.8, 4) is 0 Å². The number of ether oxygens (including phenoxy) is 2. The lowest BCUT2D eigenvalue weighted by Crippen LogP contribution is -2.43. The predicted molar refractivity (Wildman–Crippen MR) is 107 cm³/mol. The van der Waals surface area contributed by atoms with Crippen LogP contribution in [0.2, 0.25) is 0 Å². The first-order chi connectivity index (χ1) is 10.1. The highest BCUT2D eigenvalue weighted by Gasteiger charge is 2.16. The largest absolute Gasteiger partial charge is 0.379 e. The van der Waals surface area contributed by atoms with Crippen LogP contribution in [0.3, 0.4) is 0 Å². The first-order valence-electron chi connectivity index (χ1n) is 7.76. The fourth-order valence-electron chi connectivity index (χ4n) is 1.96. The van der Waals surface area contributed by atoms with Gasteiger partial charge in [-0.15, -0.1) is 24.0 Å². The van der Waals surface area contributed by atoms with Gasteiger partial charge in [0, 0.05) is 38.1 Å². The van der Waals surface area contributed by atoms with Crippen LogP contribution in [0.25, 0.3) is 0 Å². The Hall–Kier alpha value is 0.270. The molecule has 1 rings (SSSR count). The van der Waals surface area contributed by atoms with Crippen molar-refractivity contribution in [3.05, 3.63) is 0 Å². The van der Waals surface area contributed by atoms with E-state index in [-0.39, 0.29) is 28.7 Å². The quantitative estimate of drug-likeness (QED) is 0.247. The Kier molecular flexibility index (Phi) is 12.8. The van der Waals surface area contributed by atoms with Crippen LogP contribution in [0.1, 0.15) is 33.1 Å². The molecule has 1 saturated heterocycles. The summed E-state index contributed by atoms with van der Waals surface area (Å²) in [5, 5.41) is 6.67. The average Bonchev–Trinajstić information content (AvgIpc) is 2.99. The highest BCUT2D eigenvalue weighted by molar-refractivity contribution is 14.0. The molecule has 0 aromatic rings. The molecule has 0 aliphatic carbocycles. The van der Waals surface area contributed by atoms with E-state index >= 15 is 0 Å². The van der Waals surface area contributed by atoms with E-state index in [2.05, 4.69) is 35.7 Å². The van der Waals surface area contributed by atoms with Crippen LogP contribution >= 0.6 is 35.7 Å². The number of hydrogen-bond donors (Lipinski definition) is 2. The minimum Gasteiger partial charge on any atom is -0.379 e. The maximum atomic E-state index is 5.64. The number of thioether (sulfide) groups is 1. The lowest BCUT2D eigenvalue weighted by Gasteiger charge is -2.23. The van der Waals surface area contributed by atoms with Crippen LogP contribution in [0.5, 0.6) is 0 Å². The second kappa shape index (κ2) is 12.7. The summed E-state index contributed by atoms with van der Waals surface area (Å²) in [6.45, 7) is 8.58. The predicted octanol–water partition coefficient (Wildman–Crippen LogP) is 2.50. The molecule has 5 nitrogen and oxygen atoms in total. The lowest BCUT2D eigenvalue weighted by atomic mass is 10.2. The van der Waals surface area contributed by atoms with Gasteiger partial charge >= 0.3 is 0 Å². The van der Waals surface area contributed by atoms with Gasteiger partial charge in [0.05, 0.1) is 12.7 Å². The Morgan fingerprint density at radius 2 is 2.18 bits per heavy atom. The average molecular weight is 445 g/mol. The molecule has 132 valence electrons. The molecule has 0 radical (unpaired) electrons. The third kappa shape index (κ3) is 10.1. The first-order valence-corrected chi connectivity index (χ1v) is 8.99. The summed E-state index contributed by atoms with van der Waals surface area (Å²) in [6, 6.07) is 0. The first kappa shape index (κ1) is 22.3. The lowest BCUT2D eigenvalue weighted by molar-refractivity contribution is 0.0168. The van der Waals surface area contributed by atoms with Gasteiger partial charge in [-0.25, -0.2) is 0 Å². The highest BCUT2D eigenvalue weighted by Crippen LogP contribution is 2.19. The summed E-state index contributed by atoms with van der Waals surface area (Å²) in [5.41, 5.74) is 0. The number of nitrogens with zero attached hydrogens (tertiary/aromatic N) is 1. The van der Waals surface area contributed by atoms with Crippen LogP contribution in [-0.4, -0.2) is 63.0 Å². The fourth-order valence-corrected chi connectivity index (χ4v) is 2.18. The molecule has 1 unspecified atom stereocenters. The molecule has 0 saturated carbocycles. The van der Waals surface area contributed by atoms with Gasteiger partial charge in [0.15, 0.2) is 5.96 Å². The van der Waals surface area contributed by atoms with Gasteiger partial charge in [0.25, 0.3) is 0 Å². The normalized spacial score (nSPS) is 18.9. The van der Waals surface area contributed by atoms with Crippen molar-refractivity contribution in [1.29, 1.82) is 0 Å². The van der Waals surface area contributed by atoms with Gasteiger partial charge in [-0.05, 0) is 39.4 Å². The molecule has 1 heterocycles. The van der Waals surface area contributed by atoms with E-state index in [0.717, 1.165) is 51.7 Å². The molecule has 1 aliphatic heterocycles. The Bertz CT molecular complexity index is 311. The molecule has 0 spiro atoms. The van der Waals surface area contributed by atoms with Gasteiger partial charge < -0.3 is 20.1 Å². The van der Waals surface area contributed by atoms with Gasteiger partial charge in [-0.2, -0.15) is 11.8 Å². The van der Waals surface area contributed by atoms with E-state index in [0.29, 0.717) is 6.10 Å². The van der Waals surface area contributed by atoms with Crippen molar-refractivity contribution in [2.45, 2.75) is 44.0 Å². The van der Waals surface area contributed by atoms with Crippen molar-refractivity contribution in [2.75, 3.05) is 46.2 Å².